The fourth-order valence-corrected chi connectivity index (χ4v) is 3.44. The zero-order valence-corrected chi connectivity index (χ0v) is 17.9. The van der Waals surface area contributed by atoms with E-state index in [1.165, 1.54) is 0 Å². The van der Waals surface area contributed by atoms with Crippen molar-refractivity contribution in [1.29, 1.82) is 10.5 Å². The largest absolute Gasteiger partial charge is 0.490 e. The molecule has 0 aliphatic carbocycles. The molecule has 3 rings (SSSR count). The second kappa shape index (κ2) is 8.86. The zero-order chi connectivity index (χ0) is 22.7. The molecule has 2 heterocycles. The first-order valence-corrected chi connectivity index (χ1v) is 9.80. The van der Waals surface area contributed by atoms with Gasteiger partial charge >= 0.3 is 0 Å². The van der Waals surface area contributed by atoms with Gasteiger partial charge in [0.25, 0.3) is 0 Å². The van der Waals surface area contributed by atoms with E-state index in [9.17, 15) is 5.26 Å². The zero-order valence-electron chi connectivity index (χ0n) is 17.2. The van der Waals surface area contributed by atoms with Crippen molar-refractivity contribution in [2.24, 2.45) is 4.99 Å². The maximum Gasteiger partial charge on any atom is 0.211 e. The lowest BCUT2D eigenvalue weighted by Gasteiger charge is -2.27. The second-order valence-electron chi connectivity index (χ2n) is 6.82. The summed E-state index contributed by atoms with van der Waals surface area (Å²) in [5.74, 6) is 1.32. The number of nitrogens with two attached hydrogens (primary N) is 2. The van der Waals surface area contributed by atoms with Gasteiger partial charge in [-0.15, -0.1) is 0 Å². The number of nitriles is 2. The van der Waals surface area contributed by atoms with E-state index in [0.717, 1.165) is 0 Å². The van der Waals surface area contributed by atoms with E-state index in [0.29, 0.717) is 34.3 Å². The molecule has 160 valence electrons. The number of rotatable bonds is 5. The number of aromatic nitrogens is 1. The van der Waals surface area contributed by atoms with Crippen LogP contribution in [0.3, 0.4) is 0 Å². The predicted octanol–water partition coefficient (Wildman–Crippen LogP) is 2.90. The van der Waals surface area contributed by atoms with Crippen LogP contribution in [-0.2, 0) is 0 Å². The van der Waals surface area contributed by atoms with E-state index in [-0.39, 0.29) is 35.0 Å². The quantitative estimate of drug-likeness (QED) is 0.403. The summed E-state index contributed by atoms with van der Waals surface area (Å²) >= 11 is 6.61. The van der Waals surface area contributed by atoms with Crippen LogP contribution in [0.2, 0.25) is 5.02 Å². The number of guanidine groups is 1. The Bertz CT molecular complexity index is 1130. The van der Waals surface area contributed by atoms with E-state index in [4.69, 9.17) is 37.8 Å². The van der Waals surface area contributed by atoms with Crippen molar-refractivity contribution in [2.75, 3.05) is 23.4 Å². The average molecular weight is 441 g/mol. The molecule has 1 unspecified atom stereocenters. The van der Waals surface area contributed by atoms with Gasteiger partial charge in [-0.25, -0.2) is 9.98 Å². The fourth-order valence-electron chi connectivity index (χ4n) is 3.18. The summed E-state index contributed by atoms with van der Waals surface area (Å²) in [6, 6.07) is 4.53. The standard InChI is InChI=1S/C20H21ClN8O2/c1-4-30-13-5-10(12(21)6-14(13)31-9(2)3)17-15-16(24)11(7-22)18(25)28-19(15)29-20(27-17)26-8-23/h5-6,9,17H,4H2,1-3H3,(H6,24,25,26,27,28,29). The lowest BCUT2D eigenvalue weighted by Crippen LogP contribution is -2.32. The highest BCUT2D eigenvalue weighted by Gasteiger charge is 2.31. The van der Waals surface area contributed by atoms with Crippen LogP contribution in [0.25, 0.3) is 0 Å². The Kier molecular flexibility index (Phi) is 6.23. The third-order valence-corrected chi connectivity index (χ3v) is 4.71. The Morgan fingerprint density at radius 3 is 2.65 bits per heavy atom. The van der Waals surface area contributed by atoms with Crippen molar-refractivity contribution in [1.82, 2.24) is 10.3 Å². The smallest absolute Gasteiger partial charge is 0.211 e. The topological polar surface area (TPSA) is 167 Å². The lowest BCUT2D eigenvalue weighted by molar-refractivity contribution is 0.223. The minimum Gasteiger partial charge on any atom is -0.490 e. The van der Waals surface area contributed by atoms with E-state index >= 15 is 0 Å². The third-order valence-electron chi connectivity index (χ3n) is 4.38. The van der Waals surface area contributed by atoms with Gasteiger partial charge in [0.2, 0.25) is 5.96 Å². The molecule has 1 aliphatic heterocycles. The minimum atomic E-state index is -0.785. The van der Waals surface area contributed by atoms with Crippen LogP contribution in [0, 0.1) is 22.8 Å². The molecule has 1 aromatic heterocycles. The van der Waals surface area contributed by atoms with Crippen LogP contribution in [0.15, 0.2) is 17.1 Å². The molecule has 1 aromatic carbocycles. The van der Waals surface area contributed by atoms with Crippen LogP contribution in [0.4, 0.5) is 17.3 Å². The molecule has 1 atom stereocenters. The summed E-state index contributed by atoms with van der Waals surface area (Å²) in [5, 5.41) is 24.2. The molecule has 0 bridgehead atoms. The van der Waals surface area contributed by atoms with Crippen LogP contribution in [-0.4, -0.2) is 23.7 Å². The molecular weight excluding hydrogens is 420 g/mol. The molecular formula is C20H21ClN8O2. The number of hydrogen-bond donors (Lipinski definition) is 4. The number of benzene rings is 1. The van der Waals surface area contributed by atoms with Gasteiger partial charge in [0.1, 0.15) is 29.3 Å². The van der Waals surface area contributed by atoms with Gasteiger partial charge in [-0.05, 0) is 26.8 Å². The molecule has 0 amide bonds. The second-order valence-corrected chi connectivity index (χ2v) is 7.23. The predicted molar refractivity (Wildman–Crippen MR) is 118 cm³/mol. The Balaban J connectivity index is 2.25. The summed E-state index contributed by atoms with van der Waals surface area (Å²) in [5.41, 5.74) is 13.3. The number of fused-ring (bicyclic) bond motifs is 1. The van der Waals surface area contributed by atoms with Crippen molar-refractivity contribution in [3.63, 3.8) is 0 Å². The van der Waals surface area contributed by atoms with Crippen molar-refractivity contribution >= 4 is 34.9 Å². The third kappa shape index (κ3) is 4.20. The van der Waals surface area contributed by atoms with Gasteiger partial charge in [-0.3, -0.25) is 5.32 Å². The number of nitrogens with zero attached hydrogens (tertiary/aromatic N) is 4. The maximum atomic E-state index is 9.46. The van der Waals surface area contributed by atoms with E-state index in [2.05, 4.69) is 20.6 Å². The Labute approximate surface area is 184 Å². The Morgan fingerprint density at radius 1 is 1.29 bits per heavy atom. The average Bonchev–Trinajstić information content (AvgIpc) is 2.69. The molecule has 1 aliphatic rings. The number of hydrogen-bond acceptors (Lipinski definition) is 10. The first-order valence-electron chi connectivity index (χ1n) is 9.42. The maximum absolute atomic E-state index is 9.46. The highest BCUT2D eigenvalue weighted by molar-refractivity contribution is 6.31. The van der Waals surface area contributed by atoms with Gasteiger partial charge in [0.15, 0.2) is 17.7 Å². The highest BCUT2D eigenvalue weighted by Crippen LogP contribution is 2.45. The van der Waals surface area contributed by atoms with Gasteiger partial charge in [0, 0.05) is 17.2 Å². The van der Waals surface area contributed by atoms with Crippen molar-refractivity contribution in [2.45, 2.75) is 32.9 Å². The molecule has 0 spiro atoms. The molecule has 0 saturated heterocycles. The molecule has 11 heteroatoms. The summed E-state index contributed by atoms with van der Waals surface area (Å²) in [4.78, 5) is 8.76. The summed E-state index contributed by atoms with van der Waals surface area (Å²) in [6.07, 6.45) is 1.71. The number of nitrogen functional groups attached to an aromatic ring is 2. The number of aliphatic imine (C=N–C) groups is 1. The monoisotopic (exact) mass is 440 g/mol. The molecule has 6 N–H and O–H groups in total. The number of pyridine rings is 1. The van der Waals surface area contributed by atoms with Crippen LogP contribution < -0.4 is 31.6 Å². The van der Waals surface area contributed by atoms with Gasteiger partial charge < -0.3 is 26.3 Å². The Hall–Kier alpha value is -3.89. The fraction of sp³-hybridized carbons (Fsp3) is 0.300. The number of nitrogens with one attached hydrogen (secondary N) is 2. The summed E-state index contributed by atoms with van der Waals surface area (Å²) in [7, 11) is 0. The number of anilines is 3. The lowest BCUT2D eigenvalue weighted by atomic mass is 9.94. The summed E-state index contributed by atoms with van der Waals surface area (Å²) < 4.78 is 11.6. The molecule has 0 saturated carbocycles. The van der Waals surface area contributed by atoms with E-state index < -0.39 is 6.04 Å². The van der Waals surface area contributed by atoms with Crippen molar-refractivity contribution in [3.05, 3.63) is 33.8 Å². The van der Waals surface area contributed by atoms with E-state index in [1.54, 1.807) is 18.3 Å². The van der Waals surface area contributed by atoms with Crippen LogP contribution in [0.1, 0.15) is 43.5 Å². The van der Waals surface area contributed by atoms with Gasteiger partial charge in [0.05, 0.1) is 23.4 Å². The summed E-state index contributed by atoms with van der Waals surface area (Å²) in [6.45, 7) is 6.04. The molecule has 10 nitrogen and oxygen atoms in total. The molecule has 31 heavy (non-hydrogen) atoms. The number of halogens is 1. The van der Waals surface area contributed by atoms with E-state index in [1.807, 2.05) is 26.8 Å². The van der Waals surface area contributed by atoms with Crippen molar-refractivity contribution < 1.29 is 9.47 Å². The molecule has 0 radical (unpaired) electrons. The van der Waals surface area contributed by atoms with Crippen LogP contribution in [0.5, 0.6) is 11.5 Å². The number of ether oxygens (including phenoxy) is 2. The first kappa shape index (κ1) is 21.8. The van der Waals surface area contributed by atoms with Crippen molar-refractivity contribution in [3.8, 4) is 23.8 Å². The Morgan fingerprint density at radius 2 is 2.03 bits per heavy atom. The SMILES string of the molecule is CCOc1cc(C2N=C(NC#N)Nc3nc(N)c(C#N)c(N)c32)c(Cl)cc1OC(C)C. The first-order chi connectivity index (χ1) is 14.8. The van der Waals surface area contributed by atoms with Crippen LogP contribution >= 0.6 is 11.6 Å². The molecule has 2 aromatic rings. The normalized spacial score (nSPS) is 14.5. The van der Waals surface area contributed by atoms with Gasteiger partial charge in [-0.2, -0.15) is 10.5 Å². The minimum absolute atomic E-state index is 0.0370. The van der Waals surface area contributed by atoms with Gasteiger partial charge in [-0.1, -0.05) is 11.6 Å². The molecule has 0 fully saturated rings. The highest BCUT2D eigenvalue weighted by atomic mass is 35.5.